The number of aromatic nitrogens is 1. The van der Waals surface area contributed by atoms with Crippen molar-refractivity contribution >= 4 is 27.4 Å². The molecule has 3 nitrogen and oxygen atoms in total. The summed E-state index contributed by atoms with van der Waals surface area (Å²) in [6, 6.07) is 11.8. The molecule has 0 saturated carbocycles. The molecule has 19 heavy (non-hydrogen) atoms. The summed E-state index contributed by atoms with van der Waals surface area (Å²) in [6.07, 6.45) is 1.02. The number of anilines is 2. The quantitative estimate of drug-likeness (QED) is 0.868. The molecule has 0 atom stereocenters. The Kier molecular flexibility index (Phi) is 4.80. The topological polar surface area (TPSA) is 34.1 Å². The minimum Gasteiger partial charge on any atom is -0.494 e. The fourth-order valence-electron chi connectivity index (χ4n) is 1.62. The van der Waals surface area contributed by atoms with Crippen molar-refractivity contribution in [3.8, 4) is 5.75 Å². The Balaban J connectivity index is 2.04. The third-order valence-electron chi connectivity index (χ3n) is 2.62. The lowest BCUT2D eigenvalue weighted by Crippen LogP contribution is -1.97. The van der Waals surface area contributed by atoms with Crippen molar-refractivity contribution in [2.75, 3.05) is 11.9 Å². The molecule has 0 aliphatic heterocycles. The average Bonchev–Trinajstić information content (AvgIpc) is 2.42. The minimum atomic E-state index is 0.750. The molecular formula is C15H17BrN2O. The number of aryl methyl sites for hydroxylation is 1. The van der Waals surface area contributed by atoms with E-state index in [1.165, 1.54) is 0 Å². The van der Waals surface area contributed by atoms with E-state index in [1.54, 1.807) is 0 Å². The Morgan fingerprint density at radius 2 is 1.89 bits per heavy atom. The van der Waals surface area contributed by atoms with Crippen molar-refractivity contribution < 1.29 is 4.74 Å². The first-order valence-corrected chi connectivity index (χ1v) is 7.11. The smallest absolute Gasteiger partial charge is 0.130 e. The van der Waals surface area contributed by atoms with Gasteiger partial charge in [0.05, 0.1) is 12.3 Å². The Morgan fingerprint density at radius 1 is 1.16 bits per heavy atom. The highest BCUT2D eigenvalue weighted by Gasteiger charge is 2.00. The molecule has 2 rings (SSSR count). The second kappa shape index (κ2) is 6.57. The number of halogens is 1. The van der Waals surface area contributed by atoms with E-state index in [0.29, 0.717) is 0 Å². The second-order valence-electron chi connectivity index (χ2n) is 4.26. The molecule has 4 heteroatoms. The van der Waals surface area contributed by atoms with Gasteiger partial charge in [-0.25, -0.2) is 4.98 Å². The molecule has 1 aromatic heterocycles. The Labute approximate surface area is 122 Å². The first-order valence-electron chi connectivity index (χ1n) is 6.32. The highest BCUT2D eigenvalue weighted by atomic mass is 79.9. The number of ether oxygens (including phenoxy) is 1. The van der Waals surface area contributed by atoms with E-state index in [1.807, 2.05) is 43.3 Å². The van der Waals surface area contributed by atoms with Gasteiger partial charge in [0, 0.05) is 10.2 Å². The molecule has 1 N–H and O–H groups in total. The van der Waals surface area contributed by atoms with Gasteiger partial charge in [-0.2, -0.15) is 0 Å². The maximum atomic E-state index is 5.55. The highest BCUT2D eigenvalue weighted by Crippen LogP contribution is 2.21. The van der Waals surface area contributed by atoms with Crippen LogP contribution in [0.25, 0.3) is 0 Å². The van der Waals surface area contributed by atoms with Crippen molar-refractivity contribution in [1.82, 2.24) is 4.98 Å². The molecule has 0 unspecified atom stereocenters. The third kappa shape index (κ3) is 3.96. The third-order valence-corrected chi connectivity index (χ3v) is 3.46. The van der Waals surface area contributed by atoms with Crippen LogP contribution in [-0.4, -0.2) is 11.6 Å². The summed E-state index contributed by atoms with van der Waals surface area (Å²) in [6.45, 7) is 4.81. The van der Waals surface area contributed by atoms with E-state index in [-0.39, 0.29) is 0 Å². The van der Waals surface area contributed by atoms with Gasteiger partial charge in [-0.3, -0.25) is 0 Å². The van der Waals surface area contributed by atoms with E-state index in [2.05, 4.69) is 33.2 Å². The summed E-state index contributed by atoms with van der Waals surface area (Å²) < 4.78 is 6.56. The van der Waals surface area contributed by atoms with Gasteiger partial charge >= 0.3 is 0 Å². The van der Waals surface area contributed by atoms with Crippen LogP contribution in [0, 0.1) is 6.92 Å². The van der Waals surface area contributed by atoms with Gasteiger partial charge in [0.15, 0.2) is 0 Å². The van der Waals surface area contributed by atoms with Crippen LogP contribution in [0.15, 0.2) is 40.9 Å². The van der Waals surface area contributed by atoms with Crippen molar-refractivity contribution in [3.63, 3.8) is 0 Å². The van der Waals surface area contributed by atoms with Crippen LogP contribution in [0.4, 0.5) is 11.5 Å². The molecule has 0 aliphatic rings. The summed E-state index contributed by atoms with van der Waals surface area (Å²) in [4.78, 5) is 4.45. The maximum absolute atomic E-state index is 5.55. The zero-order valence-corrected chi connectivity index (χ0v) is 12.7. The van der Waals surface area contributed by atoms with Gasteiger partial charge < -0.3 is 10.1 Å². The van der Waals surface area contributed by atoms with Gasteiger partial charge in [-0.05, 0) is 65.7 Å². The summed E-state index contributed by atoms with van der Waals surface area (Å²) >= 11 is 3.44. The number of pyridine rings is 1. The summed E-state index contributed by atoms with van der Waals surface area (Å²) in [7, 11) is 0. The van der Waals surface area contributed by atoms with Crippen LogP contribution < -0.4 is 10.1 Å². The van der Waals surface area contributed by atoms with Gasteiger partial charge in [-0.15, -0.1) is 0 Å². The second-order valence-corrected chi connectivity index (χ2v) is 5.12. The number of hydrogen-bond donors (Lipinski definition) is 1. The number of hydrogen-bond acceptors (Lipinski definition) is 3. The number of nitrogens with zero attached hydrogens (tertiary/aromatic N) is 1. The van der Waals surface area contributed by atoms with Crippen LogP contribution in [-0.2, 0) is 0 Å². The normalized spacial score (nSPS) is 10.3. The molecule has 0 aliphatic carbocycles. The average molecular weight is 321 g/mol. The fourth-order valence-corrected chi connectivity index (χ4v) is 1.84. The van der Waals surface area contributed by atoms with Crippen LogP contribution in [0.5, 0.6) is 5.75 Å². The fraction of sp³-hybridized carbons (Fsp3) is 0.267. The van der Waals surface area contributed by atoms with Crippen LogP contribution >= 0.6 is 15.9 Å². The maximum Gasteiger partial charge on any atom is 0.130 e. The molecule has 0 radical (unpaired) electrons. The first kappa shape index (κ1) is 13.9. The monoisotopic (exact) mass is 320 g/mol. The summed E-state index contributed by atoms with van der Waals surface area (Å²) in [5.74, 6) is 1.73. The first-order chi connectivity index (χ1) is 9.19. The van der Waals surface area contributed by atoms with E-state index in [9.17, 15) is 0 Å². The number of nitrogens with one attached hydrogen (secondary N) is 1. The molecule has 1 aromatic carbocycles. The minimum absolute atomic E-state index is 0.750. The lowest BCUT2D eigenvalue weighted by molar-refractivity contribution is 0.317. The van der Waals surface area contributed by atoms with E-state index in [0.717, 1.165) is 40.4 Å². The van der Waals surface area contributed by atoms with Gasteiger partial charge in [0.2, 0.25) is 0 Å². The summed E-state index contributed by atoms with van der Waals surface area (Å²) in [5.41, 5.74) is 1.96. The molecular weight excluding hydrogens is 304 g/mol. The van der Waals surface area contributed by atoms with Crippen molar-refractivity contribution in [3.05, 3.63) is 46.6 Å². The lowest BCUT2D eigenvalue weighted by atomic mass is 10.3. The summed E-state index contributed by atoms with van der Waals surface area (Å²) in [5, 5.41) is 3.27. The SMILES string of the molecule is CCCOc1ccc(Nc2ccc(Br)c(C)n2)cc1. The number of benzene rings is 1. The zero-order valence-electron chi connectivity index (χ0n) is 11.1. The van der Waals surface area contributed by atoms with Gasteiger partial charge in [0.1, 0.15) is 11.6 Å². The molecule has 2 aromatic rings. The Morgan fingerprint density at radius 3 is 2.53 bits per heavy atom. The predicted octanol–water partition coefficient (Wildman–Crippen LogP) is 4.68. The van der Waals surface area contributed by atoms with Gasteiger partial charge in [-0.1, -0.05) is 6.92 Å². The molecule has 1 heterocycles. The molecule has 0 spiro atoms. The molecule has 0 saturated heterocycles. The Hall–Kier alpha value is -1.55. The van der Waals surface area contributed by atoms with Crippen molar-refractivity contribution in [2.24, 2.45) is 0 Å². The molecule has 0 fully saturated rings. The van der Waals surface area contributed by atoms with Crippen LogP contribution in [0.1, 0.15) is 19.0 Å². The van der Waals surface area contributed by atoms with E-state index >= 15 is 0 Å². The van der Waals surface area contributed by atoms with Crippen molar-refractivity contribution in [1.29, 1.82) is 0 Å². The molecule has 0 bridgehead atoms. The highest BCUT2D eigenvalue weighted by molar-refractivity contribution is 9.10. The predicted molar refractivity (Wildman–Crippen MR) is 82.2 cm³/mol. The van der Waals surface area contributed by atoms with Crippen molar-refractivity contribution in [2.45, 2.75) is 20.3 Å². The largest absolute Gasteiger partial charge is 0.494 e. The van der Waals surface area contributed by atoms with E-state index < -0.39 is 0 Å². The van der Waals surface area contributed by atoms with Gasteiger partial charge in [0.25, 0.3) is 0 Å². The Bertz CT molecular complexity index is 540. The van der Waals surface area contributed by atoms with E-state index in [4.69, 9.17) is 4.74 Å². The lowest BCUT2D eigenvalue weighted by Gasteiger charge is -2.09. The molecule has 100 valence electrons. The zero-order chi connectivity index (χ0) is 13.7. The molecule has 0 amide bonds. The van der Waals surface area contributed by atoms with Crippen LogP contribution in [0.2, 0.25) is 0 Å². The standard InChI is InChI=1S/C15H17BrN2O/c1-3-10-19-13-6-4-12(5-7-13)18-15-9-8-14(16)11(2)17-15/h4-9H,3,10H2,1-2H3,(H,17,18). The number of rotatable bonds is 5. The van der Waals surface area contributed by atoms with Crippen LogP contribution in [0.3, 0.4) is 0 Å².